The highest BCUT2D eigenvalue weighted by molar-refractivity contribution is 5.96. The fourth-order valence-electron chi connectivity index (χ4n) is 3.26. The molecule has 1 aliphatic heterocycles. The summed E-state index contributed by atoms with van der Waals surface area (Å²) in [5, 5.41) is 3.51. The van der Waals surface area contributed by atoms with Crippen LogP contribution in [0.4, 0.5) is 11.4 Å². The van der Waals surface area contributed by atoms with Crippen LogP contribution < -0.4 is 15.8 Å². The molecule has 126 valence electrons. The van der Waals surface area contributed by atoms with Gasteiger partial charge < -0.3 is 15.2 Å². The van der Waals surface area contributed by atoms with Crippen LogP contribution in [-0.4, -0.2) is 21.9 Å². The Hall–Kier alpha value is -3.15. The van der Waals surface area contributed by atoms with Gasteiger partial charge in [0.25, 0.3) is 5.56 Å². The molecule has 1 amide bonds. The molecule has 6 heteroatoms. The number of carbonyl (C=O) groups excluding carboxylic acids is 1. The summed E-state index contributed by atoms with van der Waals surface area (Å²) >= 11 is 0. The van der Waals surface area contributed by atoms with Crippen LogP contribution >= 0.6 is 0 Å². The van der Waals surface area contributed by atoms with Crippen molar-refractivity contribution in [3.8, 4) is 0 Å². The van der Waals surface area contributed by atoms with Crippen LogP contribution in [0.1, 0.15) is 19.2 Å². The molecule has 4 rings (SSSR count). The van der Waals surface area contributed by atoms with E-state index in [-0.39, 0.29) is 17.5 Å². The van der Waals surface area contributed by atoms with Crippen molar-refractivity contribution in [3.63, 3.8) is 0 Å². The van der Waals surface area contributed by atoms with Gasteiger partial charge in [-0.05, 0) is 31.2 Å². The minimum Gasteiger partial charge on any atom is -0.359 e. The molecule has 2 aromatic carbocycles. The van der Waals surface area contributed by atoms with Gasteiger partial charge in [-0.3, -0.25) is 9.59 Å². The van der Waals surface area contributed by atoms with E-state index in [1.807, 2.05) is 49.4 Å². The van der Waals surface area contributed by atoms with Crippen molar-refractivity contribution in [2.24, 2.45) is 0 Å². The molecule has 1 atom stereocenters. The zero-order valence-electron chi connectivity index (χ0n) is 13.8. The summed E-state index contributed by atoms with van der Waals surface area (Å²) in [6.45, 7) is 2.42. The van der Waals surface area contributed by atoms with E-state index < -0.39 is 0 Å². The Balaban J connectivity index is 1.77. The number of para-hydroxylation sites is 3. The van der Waals surface area contributed by atoms with Crippen molar-refractivity contribution in [1.82, 2.24) is 9.97 Å². The molecule has 0 radical (unpaired) electrons. The number of nitrogens with zero attached hydrogens (tertiary/aromatic N) is 2. The number of H-pyrrole nitrogens is 1. The van der Waals surface area contributed by atoms with E-state index in [0.717, 1.165) is 11.4 Å². The normalized spacial score (nSPS) is 17.1. The monoisotopic (exact) mass is 334 g/mol. The maximum atomic E-state index is 12.3. The lowest BCUT2D eigenvalue weighted by molar-refractivity contribution is -0.116. The van der Waals surface area contributed by atoms with Gasteiger partial charge in [0.2, 0.25) is 5.91 Å². The molecule has 0 saturated heterocycles. The SMILES string of the molecule is CC1CC(=O)Nc2ccccc2N1Cc1nc2ccccc2c(=O)[nH]1. The number of hydrogen-bond donors (Lipinski definition) is 2. The molecule has 3 aromatic rings. The minimum atomic E-state index is -0.148. The summed E-state index contributed by atoms with van der Waals surface area (Å²) in [4.78, 5) is 33.9. The van der Waals surface area contributed by atoms with Crippen LogP contribution in [0.5, 0.6) is 0 Å². The lowest BCUT2D eigenvalue weighted by Crippen LogP contribution is -2.34. The molecule has 1 unspecified atom stereocenters. The molecule has 6 nitrogen and oxygen atoms in total. The van der Waals surface area contributed by atoms with E-state index >= 15 is 0 Å². The summed E-state index contributed by atoms with van der Waals surface area (Å²) in [6.07, 6.45) is 0.381. The van der Waals surface area contributed by atoms with Crippen molar-refractivity contribution in [1.29, 1.82) is 0 Å². The van der Waals surface area contributed by atoms with Crippen molar-refractivity contribution in [3.05, 3.63) is 64.7 Å². The second-order valence-corrected chi connectivity index (χ2v) is 6.28. The van der Waals surface area contributed by atoms with Gasteiger partial charge in [0.1, 0.15) is 5.82 Å². The number of aromatic amines is 1. The van der Waals surface area contributed by atoms with Gasteiger partial charge in [-0.15, -0.1) is 0 Å². The predicted octanol–water partition coefficient (Wildman–Crippen LogP) is 2.66. The van der Waals surface area contributed by atoms with Crippen LogP contribution in [0.2, 0.25) is 0 Å². The molecule has 1 aliphatic rings. The molecule has 0 fully saturated rings. The first-order valence-electron chi connectivity index (χ1n) is 8.25. The Morgan fingerprint density at radius 2 is 1.88 bits per heavy atom. The average Bonchev–Trinajstić information content (AvgIpc) is 2.71. The highest BCUT2D eigenvalue weighted by Crippen LogP contribution is 2.31. The van der Waals surface area contributed by atoms with Gasteiger partial charge in [0.15, 0.2) is 0 Å². The first kappa shape index (κ1) is 15.4. The molecule has 2 N–H and O–H groups in total. The number of rotatable bonds is 2. The number of hydrogen-bond acceptors (Lipinski definition) is 4. The maximum absolute atomic E-state index is 12.3. The second kappa shape index (κ2) is 6.05. The van der Waals surface area contributed by atoms with Gasteiger partial charge in [-0.2, -0.15) is 0 Å². The van der Waals surface area contributed by atoms with E-state index in [2.05, 4.69) is 20.2 Å². The first-order valence-corrected chi connectivity index (χ1v) is 8.25. The Kier molecular flexibility index (Phi) is 3.72. The van der Waals surface area contributed by atoms with Gasteiger partial charge >= 0.3 is 0 Å². The first-order chi connectivity index (χ1) is 12.1. The molecule has 0 aliphatic carbocycles. The molecule has 0 bridgehead atoms. The summed E-state index contributed by atoms with van der Waals surface area (Å²) < 4.78 is 0. The summed E-state index contributed by atoms with van der Waals surface area (Å²) in [6, 6.07) is 15.0. The standard InChI is InChI=1S/C19H18N4O2/c1-12-10-18(24)21-15-8-4-5-9-16(15)23(12)11-17-20-14-7-3-2-6-13(14)19(25)22-17/h2-9,12H,10-11H2,1H3,(H,21,24)(H,20,22,25). The zero-order chi connectivity index (χ0) is 17.4. The molecular weight excluding hydrogens is 316 g/mol. The molecular formula is C19H18N4O2. The predicted molar refractivity (Wildman–Crippen MR) is 97.7 cm³/mol. The Morgan fingerprint density at radius 1 is 1.12 bits per heavy atom. The summed E-state index contributed by atoms with van der Waals surface area (Å²) in [5.74, 6) is 0.571. The van der Waals surface area contributed by atoms with Crippen molar-refractivity contribution in [2.75, 3.05) is 10.2 Å². The third-order valence-electron chi connectivity index (χ3n) is 4.48. The molecule has 25 heavy (non-hydrogen) atoms. The van der Waals surface area contributed by atoms with Crippen LogP contribution in [0.3, 0.4) is 0 Å². The number of benzene rings is 2. The average molecular weight is 334 g/mol. The lowest BCUT2D eigenvalue weighted by Gasteiger charge is -2.29. The number of fused-ring (bicyclic) bond motifs is 2. The summed E-state index contributed by atoms with van der Waals surface area (Å²) in [5.41, 5.74) is 2.23. The second-order valence-electron chi connectivity index (χ2n) is 6.28. The van der Waals surface area contributed by atoms with Gasteiger partial charge in [-0.1, -0.05) is 24.3 Å². The lowest BCUT2D eigenvalue weighted by atomic mass is 10.1. The maximum Gasteiger partial charge on any atom is 0.258 e. The topological polar surface area (TPSA) is 78.1 Å². The smallest absolute Gasteiger partial charge is 0.258 e. The Morgan fingerprint density at radius 3 is 2.76 bits per heavy atom. The quantitative estimate of drug-likeness (QED) is 0.755. The third-order valence-corrected chi connectivity index (χ3v) is 4.48. The fraction of sp³-hybridized carbons (Fsp3) is 0.211. The Labute approximate surface area is 144 Å². The van der Waals surface area contributed by atoms with Crippen LogP contribution in [0, 0.1) is 0 Å². The number of amides is 1. The van der Waals surface area contributed by atoms with E-state index in [1.54, 1.807) is 6.07 Å². The minimum absolute atomic E-state index is 0.0117. The zero-order valence-corrected chi connectivity index (χ0v) is 13.8. The highest BCUT2D eigenvalue weighted by atomic mass is 16.1. The fourth-order valence-corrected chi connectivity index (χ4v) is 3.26. The number of anilines is 2. The van der Waals surface area contributed by atoms with Crippen molar-refractivity contribution < 1.29 is 4.79 Å². The number of carbonyl (C=O) groups is 1. The molecule has 0 spiro atoms. The number of nitrogens with one attached hydrogen (secondary N) is 2. The summed E-state index contributed by atoms with van der Waals surface area (Å²) in [7, 11) is 0. The highest BCUT2D eigenvalue weighted by Gasteiger charge is 2.25. The molecule has 2 heterocycles. The van der Waals surface area contributed by atoms with Gasteiger partial charge in [-0.25, -0.2) is 4.98 Å². The van der Waals surface area contributed by atoms with Crippen LogP contribution in [0.25, 0.3) is 10.9 Å². The van der Waals surface area contributed by atoms with E-state index in [0.29, 0.717) is 29.7 Å². The van der Waals surface area contributed by atoms with Crippen LogP contribution in [-0.2, 0) is 11.3 Å². The molecule has 1 aromatic heterocycles. The van der Waals surface area contributed by atoms with E-state index in [1.165, 1.54) is 0 Å². The van der Waals surface area contributed by atoms with Crippen molar-refractivity contribution >= 4 is 28.2 Å². The molecule has 0 saturated carbocycles. The van der Waals surface area contributed by atoms with Crippen molar-refractivity contribution in [2.45, 2.75) is 25.9 Å². The van der Waals surface area contributed by atoms with Gasteiger partial charge in [0.05, 0.1) is 28.8 Å². The number of aromatic nitrogens is 2. The largest absolute Gasteiger partial charge is 0.359 e. The van der Waals surface area contributed by atoms with Gasteiger partial charge in [0, 0.05) is 12.5 Å². The third kappa shape index (κ3) is 2.87. The van der Waals surface area contributed by atoms with E-state index in [4.69, 9.17) is 0 Å². The van der Waals surface area contributed by atoms with E-state index in [9.17, 15) is 9.59 Å². The Bertz CT molecular complexity index is 1010. The van der Waals surface area contributed by atoms with Crippen LogP contribution in [0.15, 0.2) is 53.3 Å².